The molecule has 0 amide bonds. The van der Waals surface area contributed by atoms with Crippen LogP contribution in [-0.2, 0) is 5.41 Å². The third kappa shape index (κ3) is 1.66. The number of likely N-dealkylation sites (tertiary alicyclic amines) is 1. The average Bonchev–Trinajstić information content (AvgIpc) is 2.94. The Kier molecular flexibility index (Phi) is 3.14. The molecule has 2 aliphatic heterocycles. The Labute approximate surface area is 121 Å². The molecule has 3 rings (SSSR count). The first-order valence-electron chi connectivity index (χ1n) is 7.38. The zero-order chi connectivity index (χ0) is 14.4. The maximum Gasteiger partial charge on any atom is 0.0899 e. The lowest BCUT2D eigenvalue weighted by Gasteiger charge is -2.43. The zero-order valence-electron chi connectivity index (χ0n) is 12.6. The first-order chi connectivity index (χ1) is 9.53. The summed E-state index contributed by atoms with van der Waals surface area (Å²) in [5, 5.41) is 12.8. The molecule has 2 aliphatic rings. The Morgan fingerprint density at radius 2 is 2.20 bits per heavy atom. The number of hydrogen-bond acceptors (Lipinski definition) is 3. The summed E-state index contributed by atoms with van der Waals surface area (Å²) in [6.45, 7) is 5.78. The maximum atomic E-state index is 9.14. The van der Waals surface area contributed by atoms with Gasteiger partial charge in [0.2, 0.25) is 0 Å². The van der Waals surface area contributed by atoms with Gasteiger partial charge in [-0.3, -0.25) is 4.90 Å². The number of anilines is 1. The Morgan fingerprint density at radius 1 is 1.45 bits per heavy atom. The predicted molar refractivity (Wildman–Crippen MR) is 82.8 cm³/mol. The zero-order valence-corrected chi connectivity index (χ0v) is 12.6. The molecule has 0 aliphatic carbocycles. The van der Waals surface area contributed by atoms with Gasteiger partial charge in [-0.15, -0.1) is 0 Å². The normalized spacial score (nSPS) is 29.5. The molecule has 2 heterocycles. The summed E-state index contributed by atoms with van der Waals surface area (Å²) in [4.78, 5) is 2.41. The molecular weight excluding hydrogens is 248 g/mol. The van der Waals surface area contributed by atoms with Crippen molar-refractivity contribution in [3.05, 3.63) is 42.0 Å². The standard InChI is InChI=1S/C17H24N2O/c1-16(2,9-6-12-20)17-10-11-19(3)15(17)18-14-8-5-4-7-13(14)17/h4-9,15,18,20H,10-12H2,1-3H3/b9-6+/t15?,17-/m1/s1. The molecular formula is C17H24N2O. The van der Waals surface area contributed by atoms with Gasteiger partial charge in [0.15, 0.2) is 0 Å². The summed E-state index contributed by atoms with van der Waals surface area (Å²) in [5.41, 5.74) is 2.74. The van der Waals surface area contributed by atoms with Gasteiger partial charge < -0.3 is 10.4 Å². The summed E-state index contributed by atoms with van der Waals surface area (Å²) in [7, 11) is 2.19. The van der Waals surface area contributed by atoms with Crippen LogP contribution in [0.3, 0.4) is 0 Å². The van der Waals surface area contributed by atoms with E-state index in [0.29, 0.717) is 6.17 Å². The second-order valence-electron chi connectivity index (χ2n) is 6.60. The summed E-state index contributed by atoms with van der Waals surface area (Å²) in [6, 6.07) is 8.66. The molecule has 0 aromatic heterocycles. The van der Waals surface area contributed by atoms with Gasteiger partial charge in [0.1, 0.15) is 0 Å². The fourth-order valence-electron chi connectivity index (χ4n) is 4.17. The average molecular weight is 272 g/mol. The second kappa shape index (κ2) is 4.61. The van der Waals surface area contributed by atoms with Gasteiger partial charge in [0.05, 0.1) is 12.8 Å². The van der Waals surface area contributed by atoms with Gasteiger partial charge in [-0.25, -0.2) is 0 Å². The Morgan fingerprint density at radius 3 is 2.95 bits per heavy atom. The molecule has 1 aromatic rings. The third-order valence-electron chi connectivity index (χ3n) is 5.26. The van der Waals surface area contributed by atoms with E-state index in [0.717, 1.165) is 13.0 Å². The van der Waals surface area contributed by atoms with Gasteiger partial charge in [-0.2, -0.15) is 0 Å². The maximum absolute atomic E-state index is 9.14. The first-order valence-corrected chi connectivity index (χ1v) is 7.38. The minimum Gasteiger partial charge on any atom is -0.392 e. The van der Waals surface area contributed by atoms with E-state index in [4.69, 9.17) is 5.11 Å². The summed E-state index contributed by atoms with van der Waals surface area (Å²) in [6.07, 6.45) is 5.54. The molecule has 3 heteroatoms. The Bertz CT molecular complexity index is 538. The number of allylic oxidation sites excluding steroid dienone is 1. The number of nitrogens with zero attached hydrogens (tertiary/aromatic N) is 1. The molecule has 1 fully saturated rings. The Hall–Kier alpha value is -1.32. The van der Waals surface area contributed by atoms with Crippen molar-refractivity contribution in [3.8, 4) is 0 Å². The summed E-state index contributed by atoms with van der Waals surface area (Å²) < 4.78 is 0. The van der Waals surface area contributed by atoms with Crippen molar-refractivity contribution in [2.24, 2.45) is 5.41 Å². The van der Waals surface area contributed by atoms with Crippen LogP contribution in [0.25, 0.3) is 0 Å². The highest BCUT2D eigenvalue weighted by Gasteiger charge is 2.59. The van der Waals surface area contributed by atoms with Crippen molar-refractivity contribution in [1.82, 2.24) is 4.90 Å². The van der Waals surface area contributed by atoms with Crippen LogP contribution in [0, 0.1) is 5.41 Å². The molecule has 0 saturated carbocycles. The number of benzene rings is 1. The smallest absolute Gasteiger partial charge is 0.0899 e. The van der Waals surface area contributed by atoms with Crippen molar-refractivity contribution >= 4 is 5.69 Å². The number of fused-ring (bicyclic) bond motifs is 3. The lowest BCUT2D eigenvalue weighted by atomic mass is 9.60. The van der Waals surface area contributed by atoms with Crippen molar-refractivity contribution < 1.29 is 5.11 Å². The fraction of sp³-hybridized carbons (Fsp3) is 0.529. The Balaban J connectivity index is 2.14. The van der Waals surface area contributed by atoms with Crippen LogP contribution in [0.15, 0.2) is 36.4 Å². The largest absolute Gasteiger partial charge is 0.392 e. The minimum absolute atomic E-state index is 0.00917. The van der Waals surface area contributed by atoms with E-state index >= 15 is 0 Å². The molecule has 0 radical (unpaired) electrons. The van der Waals surface area contributed by atoms with Crippen LogP contribution in [0.4, 0.5) is 5.69 Å². The van der Waals surface area contributed by atoms with E-state index in [2.05, 4.69) is 61.5 Å². The molecule has 2 N–H and O–H groups in total. The topological polar surface area (TPSA) is 35.5 Å². The minimum atomic E-state index is -0.00917. The number of nitrogens with one attached hydrogen (secondary N) is 1. The third-order valence-corrected chi connectivity index (χ3v) is 5.26. The van der Waals surface area contributed by atoms with Crippen molar-refractivity contribution in [2.45, 2.75) is 31.8 Å². The molecule has 20 heavy (non-hydrogen) atoms. The fourth-order valence-corrected chi connectivity index (χ4v) is 4.17. The summed E-state index contributed by atoms with van der Waals surface area (Å²) >= 11 is 0. The molecule has 1 saturated heterocycles. The highest BCUT2D eigenvalue weighted by atomic mass is 16.2. The lowest BCUT2D eigenvalue weighted by molar-refractivity contribution is 0.177. The van der Waals surface area contributed by atoms with E-state index in [-0.39, 0.29) is 17.4 Å². The summed E-state index contributed by atoms with van der Waals surface area (Å²) in [5.74, 6) is 0. The monoisotopic (exact) mass is 272 g/mol. The van der Waals surface area contributed by atoms with E-state index in [9.17, 15) is 0 Å². The molecule has 3 nitrogen and oxygen atoms in total. The second-order valence-corrected chi connectivity index (χ2v) is 6.60. The van der Waals surface area contributed by atoms with Crippen molar-refractivity contribution in [3.63, 3.8) is 0 Å². The van der Waals surface area contributed by atoms with E-state index in [1.165, 1.54) is 11.3 Å². The molecule has 0 spiro atoms. The number of rotatable bonds is 3. The number of aliphatic hydroxyl groups excluding tert-OH is 1. The van der Waals surface area contributed by atoms with Crippen LogP contribution in [0.1, 0.15) is 25.8 Å². The van der Waals surface area contributed by atoms with Crippen molar-refractivity contribution in [1.29, 1.82) is 0 Å². The van der Waals surface area contributed by atoms with Crippen LogP contribution < -0.4 is 5.32 Å². The highest BCUT2D eigenvalue weighted by molar-refractivity contribution is 5.64. The van der Waals surface area contributed by atoms with Gasteiger partial charge in [-0.1, -0.05) is 44.2 Å². The van der Waals surface area contributed by atoms with Crippen LogP contribution in [0.2, 0.25) is 0 Å². The van der Waals surface area contributed by atoms with Crippen molar-refractivity contribution in [2.75, 3.05) is 25.5 Å². The SMILES string of the molecule is CN1CC[C@@]2(C(C)(C)/C=C/CO)c3ccccc3NC12. The molecule has 0 bridgehead atoms. The first kappa shape index (κ1) is 13.7. The molecule has 108 valence electrons. The van der Waals surface area contributed by atoms with Crippen LogP contribution >= 0.6 is 0 Å². The number of para-hydroxylation sites is 1. The van der Waals surface area contributed by atoms with Gasteiger partial charge in [-0.05, 0) is 30.5 Å². The lowest BCUT2D eigenvalue weighted by Crippen LogP contribution is -2.49. The van der Waals surface area contributed by atoms with E-state index < -0.39 is 0 Å². The van der Waals surface area contributed by atoms with E-state index in [1.807, 2.05) is 6.08 Å². The van der Waals surface area contributed by atoms with Crippen LogP contribution in [-0.4, -0.2) is 36.4 Å². The van der Waals surface area contributed by atoms with Gasteiger partial charge >= 0.3 is 0 Å². The molecule has 1 unspecified atom stereocenters. The number of likely N-dealkylation sites (N-methyl/N-ethyl adjacent to an activating group) is 1. The molecule has 1 aromatic carbocycles. The highest BCUT2D eigenvalue weighted by Crippen LogP contribution is 2.57. The predicted octanol–water partition coefficient (Wildman–Crippen LogP) is 2.59. The van der Waals surface area contributed by atoms with E-state index in [1.54, 1.807) is 0 Å². The van der Waals surface area contributed by atoms with Crippen LogP contribution in [0.5, 0.6) is 0 Å². The quantitative estimate of drug-likeness (QED) is 0.830. The number of aliphatic hydroxyl groups is 1. The van der Waals surface area contributed by atoms with Gasteiger partial charge in [0, 0.05) is 17.6 Å². The number of hydrogen-bond donors (Lipinski definition) is 2. The molecule has 2 atom stereocenters. The van der Waals surface area contributed by atoms with Gasteiger partial charge in [0.25, 0.3) is 0 Å².